The fraction of sp³-hybridized carbons (Fsp3) is 0.292. The molecule has 2 aromatic carbocycles. The van der Waals surface area contributed by atoms with Gasteiger partial charge in [-0.05, 0) is 49.9 Å². The first-order valence-electron chi connectivity index (χ1n) is 9.87. The number of amides is 2. The van der Waals surface area contributed by atoms with Gasteiger partial charge in [-0.3, -0.25) is 9.80 Å². The van der Waals surface area contributed by atoms with E-state index in [-0.39, 0.29) is 6.03 Å². The molecule has 1 aliphatic rings. The summed E-state index contributed by atoms with van der Waals surface area (Å²) >= 11 is 0. The molecule has 2 heterocycles. The quantitative estimate of drug-likeness (QED) is 0.645. The van der Waals surface area contributed by atoms with E-state index in [0.29, 0.717) is 18.8 Å². The number of nitrogens with zero attached hydrogens (tertiary/aromatic N) is 4. The summed E-state index contributed by atoms with van der Waals surface area (Å²) in [6, 6.07) is 12.4. The highest BCUT2D eigenvalue weighted by Crippen LogP contribution is 2.33. The summed E-state index contributed by atoms with van der Waals surface area (Å²) in [4.78, 5) is 26.0. The number of aryl methyl sites for hydroxylation is 4. The molecular weight excluding hydrogens is 360 g/mol. The van der Waals surface area contributed by atoms with Crippen molar-refractivity contribution in [2.45, 2.75) is 40.7 Å². The fourth-order valence-corrected chi connectivity index (χ4v) is 4.05. The molecule has 0 bridgehead atoms. The molecule has 0 unspecified atom stereocenters. The van der Waals surface area contributed by atoms with Crippen LogP contribution in [0.1, 0.15) is 39.2 Å². The Labute approximate surface area is 172 Å². The van der Waals surface area contributed by atoms with Gasteiger partial charge in [0.1, 0.15) is 11.6 Å². The van der Waals surface area contributed by atoms with Gasteiger partial charge in [-0.25, -0.2) is 14.8 Å². The molecule has 0 aliphatic carbocycles. The zero-order chi connectivity index (χ0) is 20.7. The monoisotopic (exact) mass is 386 g/mol. The number of urea groups is 1. The average molecular weight is 386 g/mol. The van der Waals surface area contributed by atoms with Crippen molar-refractivity contribution in [1.29, 1.82) is 0 Å². The summed E-state index contributed by atoms with van der Waals surface area (Å²) in [6.07, 6.45) is 2.52. The lowest BCUT2D eigenvalue weighted by atomic mass is 10.0. The van der Waals surface area contributed by atoms with Crippen LogP contribution in [0.5, 0.6) is 0 Å². The average Bonchev–Trinajstić information content (AvgIpc) is 2.68. The van der Waals surface area contributed by atoms with E-state index in [0.717, 1.165) is 28.2 Å². The normalized spacial score (nSPS) is 13.6. The number of fused-ring (bicyclic) bond motifs is 1. The van der Waals surface area contributed by atoms with Crippen molar-refractivity contribution in [2.24, 2.45) is 0 Å². The lowest BCUT2D eigenvalue weighted by Gasteiger charge is -2.35. The number of aromatic nitrogens is 2. The second-order valence-corrected chi connectivity index (χ2v) is 7.91. The Morgan fingerprint density at radius 3 is 2.41 bits per heavy atom. The van der Waals surface area contributed by atoms with Crippen LogP contribution in [0.2, 0.25) is 0 Å². The molecule has 2 amide bonds. The molecule has 0 saturated heterocycles. The van der Waals surface area contributed by atoms with E-state index in [9.17, 15) is 4.79 Å². The molecule has 148 valence electrons. The number of hydrogen-bond acceptors (Lipinski definition) is 3. The third-order valence-electron chi connectivity index (χ3n) is 5.61. The zero-order valence-corrected chi connectivity index (χ0v) is 17.7. The minimum Gasteiger partial charge on any atom is -0.289 e. The van der Waals surface area contributed by atoms with E-state index < -0.39 is 0 Å². The first-order chi connectivity index (χ1) is 13.8. The van der Waals surface area contributed by atoms with Gasteiger partial charge in [0.15, 0.2) is 0 Å². The Morgan fingerprint density at radius 2 is 1.72 bits per heavy atom. The first-order valence-corrected chi connectivity index (χ1v) is 9.87. The van der Waals surface area contributed by atoms with Gasteiger partial charge >= 0.3 is 6.03 Å². The SMILES string of the molecule is Cc1ccc(Cc2ncc3c(n2)N(C)C(=O)N(c2c(C)cccc2C)C3)c(C)c1. The Hall–Kier alpha value is -3.21. The molecule has 0 atom stereocenters. The van der Waals surface area contributed by atoms with E-state index in [1.165, 1.54) is 16.7 Å². The molecule has 0 N–H and O–H groups in total. The van der Waals surface area contributed by atoms with Crippen LogP contribution in [0.3, 0.4) is 0 Å². The first kappa shape index (κ1) is 19.1. The van der Waals surface area contributed by atoms with E-state index in [2.05, 4.69) is 37.0 Å². The van der Waals surface area contributed by atoms with Crippen LogP contribution < -0.4 is 9.80 Å². The smallest absolute Gasteiger partial charge is 0.289 e. The highest BCUT2D eigenvalue weighted by Gasteiger charge is 2.32. The second-order valence-electron chi connectivity index (χ2n) is 7.91. The largest absolute Gasteiger partial charge is 0.330 e. The predicted octanol–water partition coefficient (Wildman–Crippen LogP) is 4.88. The number of anilines is 2. The van der Waals surface area contributed by atoms with Crippen molar-refractivity contribution in [3.05, 3.63) is 81.8 Å². The van der Waals surface area contributed by atoms with E-state index in [4.69, 9.17) is 4.98 Å². The summed E-state index contributed by atoms with van der Waals surface area (Å²) in [5.41, 5.74) is 7.78. The summed E-state index contributed by atoms with van der Waals surface area (Å²) in [6.45, 7) is 8.75. The molecule has 5 nitrogen and oxygen atoms in total. The van der Waals surface area contributed by atoms with Crippen molar-refractivity contribution in [3.8, 4) is 0 Å². The van der Waals surface area contributed by atoms with E-state index in [1.807, 2.05) is 43.1 Å². The van der Waals surface area contributed by atoms with Crippen molar-refractivity contribution in [3.63, 3.8) is 0 Å². The number of rotatable bonds is 3. The molecule has 0 spiro atoms. The number of carbonyl (C=O) groups excluding carboxylic acids is 1. The maximum absolute atomic E-state index is 13.1. The van der Waals surface area contributed by atoms with Gasteiger partial charge in [0.2, 0.25) is 0 Å². The third-order valence-corrected chi connectivity index (χ3v) is 5.61. The van der Waals surface area contributed by atoms with Crippen LogP contribution in [-0.4, -0.2) is 23.0 Å². The summed E-state index contributed by atoms with van der Waals surface area (Å²) in [5.74, 6) is 1.43. The van der Waals surface area contributed by atoms with Crippen molar-refractivity contribution in [1.82, 2.24) is 9.97 Å². The highest BCUT2D eigenvalue weighted by molar-refractivity contribution is 6.05. The molecular formula is C24H26N4O. The van der Waals surface area contributed by atoms with Gasteiger partial charge in [-0.15, -0.1) is 0 Å². The molecule has 4 rings (SSSR count). The van der Waals surface area contributed by atoms with E-state index in [1.54, 1.807) is 11.9 Å². The van der Waals surface area contributed by atoms with Gasteiger partial charge in [0, 0.05) is 25.2 Å². The topological polar surface area (TPSA) is 49.3 Å². The Balaban J connectivity index is 1.67. The Morgan fingerprint density at radius 1 is 1.00 bits per heavy atom. The molecule has 1 aromatic heterocycles. The maximum Gasteiger partial charge on any atom is 0.330 e. The van der Waals surface area contributed by atoms with Gasteiger partial charge in [0.05, 0.1) is 12.2 Å². The van der Waals surface area contributed by atoms with Gasteiger partial charge < -0.3 is 0 Å². The molecule has 0 saturated carbocycles. The predicted molar refractivity (Wildman–Crippen MR) is 117 cm³/mol. The third kappa shape index (κ3) is 3.48. The summed E-state index contributed by atoms with van der Waals surface area (Å²) in [5, 5.41) is 0. The van der Waals surface area contributed by atoms with Crippen LogP contribution in [0.15, 0.2) is 42.6 Å². The lowest BCUT2D eigenvalue weighted by molar-refractivity contribution is 0.251. The summed E-state index contributed by atoms with van der Waals surface area (Å²) in [7, 11) is 1.79. The van der Waals surface area contributed by atoms with Crippen molar-refractivity contribution < 1.29 is 4.79 Å². The van der Waals surface area contributed by atoms with Gasteiger partial charge in [0.25, 0.3) is 0 Å². The van der Waals surface area contributed by atoms with Crippen LogP contribution >= 0.6 is 0 Å². The zero-order valence-electron chi connectivity index (χ0n) is 17.7. The number of hydrogen-bond donors (Lipinski definition) is 0. The number of benzene rings is 2. The van der Waals surface area contributed by atoms with Crippen LogP contribution in [-0.2, 0) is 13.0 Å². The van der Waals surface area contributed by atoms with Crippen LogP contribution in [0, 0.1) is 27.7 Å². The molecule has 1 aliphatic heterocycles. The van der Waals surface area contributed by atoms with Gasteiger partial charge in [-0.2, -0.15) is 0 Å². The maximum atomic E-state index is 13.1. The second kappa shape index (κ2) is 7.32. The van der Waals surface area contributed by atoms with Crippen molar-refractivity contribution >= 4 is 17.5 Å². The number of carbonyl (C=O) groups is 1. The molecule has 5 heteroatoms. The van der Waals surface area contributed by atoms with Crippen LogP contribution in [0.4, 0.5) is 16.3 Å². The Kier molecular flexibility index (Phi) is 4.82. The standard InChI is InChI=1S/C24H26N4O/c1-15-9-10-19(18(4)11-15)12-21-25-13-20-14-28(24(29)27(5)23(20)26-21)22-16(2)7-6-8-17(22)3/h6-11,13H,12,14H2,1-5H3. The minimum absolute atomic E-state index is 0.0638. The molecule has 0 radical (unpaired) electrons. The number of para-hydroxylation sites is 1. The molecule has 3 aromatic rings. The Bertz CT molecular complexity index is 1090. The molecule has 29 heavy (non-hydrogen) atoms. The van der Waals surface area contributed by atoms with Crippen LogP contribution in [0.25, 0.3) is 0 Å². The van der Waals surface area contributed by atoms with Gasteiger partial charge in [-0.1, -0.05) is 42.0 Å². The van der Waals surface area contributed by atoms with E-state index >= 15 is 0 Å². The minimum atomic E-state index is -0.0638. The molecule has 0 fully saturated rings. The fourth-order valence-electron chi connectivity index (χ4n) is 4.05. The highest BCUT2D eigenvalue weighted by atomic mass is 16.2. The van der Waals surface area contributed by atoms with Crippen molar-refractivity contribution in [2.75, 3.05) is 16.8 Å². The lowest BCUT2D eigenvalue weighted by Crippen LogP contribution is -2.46. The summed E-state index contributed by atoms with van der Waals surface area (Å²) < 4.78 is 0.